The van der Waals surface area contributed by atoms with Gasteiger partial charge in [-0.2, -0.15) is 0 Å². The number of nitro groups is 1. The quantitative estimate of drug-likeness (QED) is 0.681. The molecule has 2 aromatic rings. The van der Waals surface area contributed by atoms with Crippen LogP contribution in [0.1, 0.15) is 19.4 Å². The predicted octanol–water partition coefficient (Wildman–Crippen LogP) is 3.70. The van der Waals surface area contributed by atoms with Crippen LogP contribution in [-0.2, 0) is 0 Å². The van der Waals surface area contributed by atoms with Crippen molar-refractivity contribution < 1.29 is 9.66 Å². The van der Waals surface area contributed by atoms with Crippen LogP contribution >= 0.6 is 0 Å². The summed E-state index contributed by atoms with van der Waals surface area (Å²) in [6.45, 7) is 5.74. The predicted molar refractivity (Wildman–Crippen MR) is 77.9 cm³/mol. The first kappa shape index (κ1) is 15.4. The molecule has 0 aliphatic rings. The number of hydrogen-bond donors (Lipinski definition) is 1. The molecule has 1 aromatic carbocycles. The standard InChI is InChI=1S/C12H11N3O3.C2H6/c1-8-6-9(15(16)17)2-3-11(8)18-10-4-5-14-12(13)7-10;1-2/h2-7H,1H3,(H2,13,14);1-2H3. The maximum atomic E-state index is 10.6. The third kappa shape index (κ3) is 3.94. The van der Waals surface area contributed by atoms with E-state index in [0.29, 0.717) is 22.9 Å². The lowest BCUT2D eigenvalue weighted by Crippen LogP contribution is -1.93. The van der Waals surface area contributed by atoms with Crippen LogP contribution in [0.4, 0.5) is 11.5 Å². The van der Waals surface area contributed by atoms with Gasteiger partial charge in [-0.25, -0.2) is 4.98 Å². The van der Waals surface area contributed by atoms with Crippen LogP contribution in [0.25, 0.3) is 0 Å². The van der Waals surface area contributed by atoms with E-state index in [0.717, 1.165) is 0 Å². The molecule has 0 amide bonds. The number of aromatic nitrogens is 1. The number of pyridine rings is 1. The highest BCUT2D eigenvalue weighted by Gasteiger charge is 2.09. The van der Waals surface area contributed by atoms with Crippen LogP contribution in [-0.4, -0.2) is 9.91 Å². The van der Waals surface area contributed by atoms with Crippen molar-refractivity contribution in [3.8, 4) is 11.5 Å². The van der Waals surface area contributed by atoms with E-state index in [1.807, 2.05) is 13.8 Å². The molecule has 0 radical (unpaired) electrons. The highest BCUT2D eigenvalue weighted by molar-refractivity contribution is 5.46. The van der Waals surface area contributed by atoms with Crippen molar-refractivity contribution in [3.05, 3.63) is 52.2 Å². The van der Waals surface area contributed by atoms with E-state index in [2.05, 4.69) is 4.98 Å². The fourth-order valence-corrected chi connectivity index (χ4v) is 1.48. The number of benzene rings is 1. The van der Waals surface area contributed by atoms with Gasteiger partial charge >= 0.3 is 0 Å². The number of nitro benzene ring substituents is 1. The normalized spacial score (nSPS) is 9.35. The molecule has 2 N–H and O–H groups in total. The lowest BCUT2D eigenvalue weighted by Gasteiger charge is -2.08. The molecule has 0 saturated heterocycles. The van der Waals surface area contributed by atoms with Gasteiger partial charge in [-0.15, -0.1) is 0 Å². The van der Waals surface area contributed by atoms with Gasteiger partial charge in [0.25, 0.3) is 5.69 Å². The fraction of sp³-hybridized carbons (Fsp3) is 0.214. The van der Waals surface area contributed by atoms with Crippen molar-refractivity contribution in [1.82, 2.24) is 4.98 Å². The van der Waals surface area contributed by atoms with Crippen LogP contribution in [0.5, 0.6) is 11.5 Å². The Balaban J connectivity index is 0.000000956. The van der Waals surface area contributed by atoms with Crippen LogP contribution in [0, 0.1) is 17.0 Å². The second kappa shape index (κ2) is 7.08. The van der Waals surface area contributed by atoms with Gasteiger partial charge in [0.05, 0.1) is 4.92 Å². The molecule has 0 atom stereocenters. The monoisotopic (exact) mass is 275 g/mol. The van der Waals surface area contributed by atoms with E-state index in [1.54, 1.807) is 25.1 Å². The van der Waals surface area contributed by atoms with Gasteiger partial charge in [-0.1, -0.05) is 13.8 Å². The SMILES string of the molecule is CC.Cc1cc([N+](=O)[O-])ccc1Oc1ccnc(N)c1. The van der Waals surface area contributed by atoms with Crippen LogP contribution < -0.4 is 10.5 Å². The Morgan fingerprint density at radius 2 is 1.95 bits per heavy atom. The second-order valence-electron chi connectivity index (χ2n) is 3.73. The molecule has 2 rings (SSSR count). The number of nitrogen functional groups attached to an aromatic ring is 1. The van der Waals surface area contributed by atoms with Gasteiger partial charge in [0.15, 0.2) is 0 Å². The van der Waals surface area contributed by atoms with Gasteiger partial charge in [0, 0.05) is 24.4 Å². The van der Waals surface area contributed by atoms with Crippen LogP contribution in [0.2, 0.25) is 0 Å². The Morgan fingerprint density at radius 3 is 2.50 bits per heavy atom. The van der Waals surface area contributed by atoms with Gasteiger partial charge in [-0.05, 0) is 24.6 Å². The lowest BCUT2D eigenvalue weighted by atomic mass is 10.2. The second-order valence-corrected chi connectivity index (χ2v) is 3.73. The lowest BCUT2D eigenvalue weighted by molar-refractivity contribution is -0.384. The van der Waals surface area contributed by atoms with Crippen molar-refractivity contribution in [2.24, 2.45) is 0 Å². The first-order chi connectivity index (χ1) is 9.56. The average Bonchev–Trinajstić information content (AvgIpc) is 2.43. The molecule has 0 bridgehead atoms. The zero-order valence-electron chi connectivity index (χ0n) is 11.7. The maximum Gasteiger partial charge on any atom is 0.269 e. The summed E-state index contributed by atoms with van der Waals surface area (Å²) in [6.07, 6.45) is 1.53. The fourth-order valence-electron chi connectivity index (χ4n) is 1.48. The summed E-state index contributed by atoms with van der Waals surface area (Å²) in [5.74, 6) is 1.44. The third-order valence-corrected chi connectivity index (χ3v) is 2.35. The summed E-state index contributed by atoms with van der Waals surface area (Å²) >= 11 is 0. The molecule has 0 saturated carbocycles. The molecule has 106 valence electrons. The molecule has 6 nitrogen and oxygen atoms in total. The van der Waals surface area contributed by atoms with Gasteiger partial charge in [-0.3, -0.25) is 10.1 Å². The molecule has 1 heterocycles. The molecule has 0 unspecified atom stereocenters. The summed E-state index contributed by atoms with van der Waals surface area (Å²) in [4.78, 5) is 14.0. The molecule has 0 spiro atoms. The Kier molecular flexibility index (Phi) is 5.46. The largest absolute Gasteiger partial charge is 0.457 e. The summed E-state index contributed by atoms with van der Waals surface area (Å²) in [6, 6.07) is 7.66. The van der Waals surface area contributed by atoms with E-state index in [1.165, 1.54) is 18.3 Å². The Hall–Kier alpha value is -2.63. The summed E-state index contributed by atoms with van der Waals surface area (Å²) in [7, 11) is 0. The minimum absolute atomic E-state index is 0.0362. The Morgan fingerprint density at radius 1 is 1.25 bits per heavy atom. The van der Waals surface area contributed by atoms with Crippen LogP contribution in [0.15, 0.2) is 36.5 Å². The van der Waals surface area contributed by atoms with Crippen molar-refractivity contribution >= 4 is 11.5 Å². The van der Waals surface area contributed by atoms with Crippen molar-refractivity contribution in [2.45, 2.75) is 20.8 Å². The molecule has 20 heavy (non-hydrogen) atoms. The molecular weight excluding hydrogens is 258 g/mol. The Bertz CT molecular complexity index is 600. The molecule has 6 heteroatoms. The average molecular weight is 275 g/mol. The minimum Gasteiger partial charge on any atom is -0.457 e. The molecule has 1 aromatic heterocycles. The number of hydrogen-bond acceptors (Lipinski definition) is 5. The summed E-state index contributed by atoms with van der Waals surface area (Å²) in [5, 5.41) is 10.6. The van der Waals surface area contributed by atoms with Crippen molar-refractivity contribution in [3.63, 3.8) is 0 Å². The molecule has 0 fully saturated rings. The number of ether oxygens (including phenoxy) is 1. The topological polar surface area (TPSA) is 91.3 Å². The molecule has 0 aliphatic heterocycles. The Labute approximate surface area is 117 Å². The first-order valence-corrected chi connectivity index (χ1v) is 6.20. The third-order valence-electron chi connectivity index (χ3n) is 2.35. The van der Waals surface area contributed by atoms with Gasteiger partial charge in [0.1, 0.15) is 17.3 Å². The minimum atomic E-state index is -0.443. The van der Waals surface area contributed by atoms with Crippen LogP contribution in [0.3, 0.4) is 0 Å². The highest BCUT2D eigenvalue weighted by Crippen LogP contribution is 2.28. The zero-order chi connectivity index (χ0) is 15.1. The highest BCUT2D eigenvalue weighted by atomic mass is 16.6. The number of nitrogens with zero attached hydrogens (tertiary/aromatic N) is 2. The van der Waals surface area contributed by atoms with E-state index in [9.17, 15) is 10.1 Å². The van der Waals surface area contributed by atoms with E-state index in [-0.39, 0.29) is 5.69 Å². The van der Waals surface area contributed by atoms with E-state index in [4.69, 9.17) is 10.5 Å². The maximum absolute atomic E-state index is 10.6. The number of aryl methyl sites for hydroxylation is 1. The number of non-ortho nitro benzene ring substituents is 1. The van der Waals surface area contributed by atoms with Crippen molar-refractivity contribution in [2.75, 3.05) is 5.73 Å². The van der Waals surface area contributed by atoms with Gasteiger partial charge in [0.2, 0.25) is 0 Å². The summed E-state index contributed by atoms with van der Waals surface area (Å²) in [5.41, 5.74) is 6.25. The van der Waals surface area contributed by atoms with E-state index < -0.39 is 4.92 Å². The van der Waals surface area contributed by atoms with E-state index >= 15 is 0 Å². The zero-order valence-corrected chi connectivity index (χ0v) is 11.7. The van der Waals surface area contributed by atoms with Crippen molar-refractivity contribution in [1.29, 1.82) is 0 Å². The number of rotatable bonds is 3. The van der Waals surface area contributed by atoms with Gasteiger partial charge < -0.3 is 10.5 Å². The first-order valence-electron chi connectivity index (χ1n) is 6.20. The molecular formula is C14H17N3O3. The number of nitrogens with two attached hydrogens (primary N) is 1. The number of anilines is 1. The summed E-state index contributed by atoms with van der Waals surface area (Å²) < 4.78 is 5.58. The molecule has 0 aliphatic carbocycles. The smallest absolute Gasteiger partial charge is 0.269 e.